The first-order valence-corrected chi connectivity index (χ1v) is 9.47. The number of non-ortho nitro benzene ring substituents is 1. The van der Waals surface area contributed by atoms with Gasteiger partial charge in [0.2, 0.25) is 5.75 Å². The zero-order valence-electron chi connectivity index (χ0n) is 16.0. The summed E-state index contributed by atoms with van der Waals surface area (Å²) < 4.78 is 6.82. The molecule has 30 heavy (non-hydrogen) atoms. The molecule has 0 N–H and O–H groups in total. The fraction of sp³-hybridized carbons (Fsp3) is 0.158. The standard InChI is InChI=1S/C19H14N4O6S/c1-9-4-13-14(5-10(9)2)21-18(24)16(30-19(21)20-13)7-11-6-12(22(25)26)8-15(23(27)28)17(11)29-3/h4-8H,1-3H3. The fourth-order valence-electron chi connectivity index (χ4n) is 3.25. The van der Waals surface area contributed by atoms with Gasteiger partial charge in [-0.15, -0.1) is 0 Å². The van der Waals surface area contributed by atoms with Crippen LogP contribution in [0.4, 0.5) is 11.4 Å². The summed E-state index contributed by atoms with van der Waals surface area (Å²) >= 11 is 1.09. The van der Waals surface area contributed by atoms with Crippen molar-refractivity contribution in [2.24, 2.45) is 0 Å². The van der Waals surface area contributed by atoms with Crippen molar-refractivity contribution in [3.8, 4) is 5.75 Å². The van der Waals surface area contributed by atoms with Crippen LogP contribution in [0.25, 0.3) is 22.1 Å². The first-order chi connectivity index (χ1) is 14.2. The van der Waals surface area contributed by atoms with Crippen LogP contribution in [0.5, 0.6) is 5.75 Å². The van der Waals surface area contributed by atoms with Gasteiger partial charge in [-0.25, -0.2) is 9.38 Å². The van der Waals surface area contributed by atoms with E-state index in [9.17, 15) is 25.0 Å². The molecule has 0 radical (unpaired) electrons. The van der Waals surface area contributed by atoms with E-state index >= 15 is 0 Å². The van der Waals surface area contributed by atoms with Crippen LogP contribution in [0.3, 0.4) is 0 Å². The summed E-state index contributed by atoms with van der Waals surface area (Å²) in [5, 5.41) is 22.6. The van der Waals surface area contributed by atoms with Crippen LogP contribution in [0.2, 0.25) is 0 Å². The SMILES string of the molecule is COc1c(C=c2sc3nc4cc(C)c(C)cc4n3c2=O)cc([N+](=O)[O-])cc1[N+](=O)[O-]. The Kier molecular flexibility index (Phi) is 4.46. The van der Waals surface area contributed by atoms with Gasteiger partial charge in [0.25, 0.3) is 11.2 Å². The Balaban J connectivity index is 2.03. The van der Waals surface area contributed by atoms with E-state index in [1.807, 2.05) is 26.0 Å². The summed E-state index contributed by atoms with van der Waals surface area (Å²) in [6.45, 7) is 3.90. The number of imidazole rings is 1. The molecule has 0 bridgehead atoms. The van der Waals surface area contributed by atoms with Gasteiger partial charge < -0.3 is 4.74 Å². The summed E-state index contributed by atoms with van der Waals surface area (Å²) in [6, 6.07) is 5.75. The lowest BCUT2D eigenvalue weighted by molar-refractivity contribution is -0.394. The zero-order valence-corrected chi connectivity index (χ0v) is 16.8. The number of rotatable bonds is 4. The van der Waals surface area contributed by atoms with Crippen molar-refractivity contribution in [2.75, 3.05) is 7.11 Å². The number of ether oxygens (including phenoxy) is 1. The average molecular weight is 426 g/mol. The molecule has 0 atom stereocenters. The normalized spacial score (nSPS) is 12.0. The average Bonchev–Trinajstić information content (AvgIpc) is 3.17. The molecule has 152 valence electrons. The summed E-state index contributed by atoms with van der Waals surface area (Å²) in [5.41, 5.74) is 2.09. The number of hydrogen-bond donors (Lipinski definition) is 0. The van der Waals surface area contributed by atoms with Crippen LogP contribution in [0.15, 0.2) is 29.1 Å². The number of fused-ring (bicyclic) bond motifs is 3. The Morgan fingerprint density at radius 2 is 1.80 bits per heavy atom. The lowest BCUT2D eigenvalue weighted by atomic mass is 10.1. The second-order valence-corrected chi connectivity index (χ2v) is 7.68. The van der Waals surface area contributed by atoms with Crippen LogP contribution < -0.4 is 14.8 Å². The van der Waals surface area contributed by atoms with Gasteiger partial charge in [0.15, 0.2) is 4.96 Å². The third-order valence-corrected chi connectivity index (χ3v) is 5.80. The van der Waals surface area contributed by atoms with E-state index in [0.29, 0.717) is 16.0 Å². The molecule has 0 aliphatic carbocycles. The molecule has 0 aliphatic rings. The van der Waals surface area contributed by atoms with Crippen molar-refractivity contribution in [3.05, 3.63) is 76.1 Å². The Hall–Kier alpha value is -3.86. The van der Waals surface area contributed by atoms with Gasteiger partial charge in [-0.2, -0.15) is 0 Å². The molecule has 10 nitrogen and oxygen atoms in total. The Morgan fingerprint density at radius 1 is 1.10 bits per heavy atom. The molecule has 4 aromatic rings. The molecule has 0 aliphatic heterocycles. The summed E-state index contributed by atoms with van der Waals surface area (Å²) in [7, 11) is 1.23. The third-order valence-electron chi connectivity index (χ3n) is 4.84. The maximum absolute atomic E-state index is 13.0. The molecule has 2 aromatic heterocycles. The highest BCUT2D eigenvalue weighted by molar-refractivity contribution is 7.15. The molecule has 0 spiro atoms. The van der Waals surface area contributed by atoms with Crippen LogP contribution in [0, 0.1) is 34.1 Å². The molecule has 0 unspecified atom stereocenters. The lowest BCUT2D eigenvalue weighted by Crippen LogP contribution is -2.22. The molecule has 2 aromatic carbocycles. The predicted octanol–water partition coefficient (Wildman–Crippen LogP) is 2.90. The number of benzene rings is 2. The minimum atomic E-state index is -0.763. The van der Waals surface area contributed by atoms with Crippen molar-refractivity contribution >= 4 is 44.8 Å². The van der Waals surface area contributed by atoms with Crippen molar-refractivity contribution in [1.29, 1.82) is 0 Å². The second-order valence-electron chi connectivity index (χ2n) is 6.67. The molecular weight excluding hydrogens is 412 g/mol. The quantitative estimate of drug-likeness (QED) is 0.362. The van der Waals surface area contributed by atoms with Crippen LogP contribution in [0.1, 0.15) is 16.7 Å². The number of methoxy groups -OCH3 is 1. The second kappa shape index (κ2) is 6.88. The molecular formula is C19H14N4O6S. The monoisotopic (exact) mass is 426 g/mol. The Labute approximate surface area is 171 Å². The molecule has 0 saturated carbocycles. The fourth-order valence-corrected chi connectivity index (χ4v) is 4.23. The molecule has 2 heterocycles. The van der Waals surface area contributed by atoms with Gasteiger partial charge >= 0.3 is 5.69 Å². The van der Waals surface area contributed by atoms with Crippen LogP contribution in [-0.2, 0) is 0 Å². The number of thiazole rings is 1. The number of aromatic nitrogens is 2. The number of nitro groups is 2. The predicted molar refractivity (Wildman–Crippen MR) is 111 cm³/mol. The molecule has 0 amide bonds. The first kappa shape index (κ1) is 19.5. The zero-order chi connectivity index (χ0) is 21.7. The molecule has 0 saturated heterocycles. The van der Waals surface area contributed by atoms with Crippen molar-refractivity contribution in [1.82, 2.24) is 9.38 Å². The van der Waals surface area contributed by atoms with Gasteiger partial charge in [-0.1, -0.05) is 11.3 Å². The number of nitrogens with zero attached hydrogens (tertiary/aromatic N) is 4. The maximum Gasteiger partial charge on any atom is 0.318 e. The largest absolute Gasteiger partial charge is 0.490 e. The highest BCUT2D eigenvalue weighted by atomic mass is 32.1. The van der Waals surface area contributed by atoms with Gasteiger partial charge in [-0.3, -0.25) is 25.0 Å². The van der Waals surface area contributed by atoms with Crippen LogP contribution in [-0.4, -0.2) is 26.3 Å². The minimum Gasteiger partial charge on any atom is -0.490 e. The summed E-state index contributed by atoms with van der Waals surface area (Å²) in [4.78, 5) is 39.0. The van der Waals surface area contributed by atoms with E-state index in [0.717, 1.165) is 34.6 Å². The highest BCUT2D eigenvalue weighted by Crippen LogP contribution is 2.35. The highest BCUT2D eigenvalue weighted by Gasteiger charge is 2.24. The third kappa shape index (κ3) is 2.95. The summed E-state index contributed by atoms with van der Waals surface area (Å²) in [6.07, 6.45) is 1.35. The van der Waals surface area contributed by atoms with Crippen LogP contribution >= 0.6 is 11.3 Å². The maximum atomic E-state index is 13.0. The van der Waals surface area contributed by atoms with Crippen molar-refractivity contribution in [2.45, 2.75) is 13.8 Å². The van der Waals surface area contributed by atoms with E-state index in [1.165, 1.54) is 17.6 Å². The van der Waals surface area contributed by atoms with E-state index in [4.69, 9.17) is 4.74 Å². The molecule has 11 heteroatoms. The smallest absolute Gasteiger partial charge is 0.318 e. The van der Waals surface area contributed by atoms with E-state index in [2.05, 4.69) is 4.98 Å². The van der Waals surface area contributed by atoms with E-state index in [-0.39, 0.29) is 21.4 Å². The Morgan fingerprint density at radius 3 is 2.43 bits per heavy atom. The van der Waals surface area contributed by atoms with E-state index < -0.39 is 21.2 Å². The van der Waals surface area contributed by atoms with Crippen molar-refractivity contribution in [3.63, 3.8) is 0 Å². The topological polar surface area (TPSA) is 130 Å². The minimum absolute atomic E-state index is 0.0660. The van der Waals surface area contributed by atoms with Gasteiger partial charge in [0.05, 0.1) is 38.6 Å². The van der Waals surface area contributed by atoms with Gasteiger partial charge in [0.1, 0.15) is 0 Å². The Bertz CT molecular complexity index is 1490. The number of hydrogen-bond acceptors (Lipinski definition) is 8. The summed E-state index contributed by atoms with van der Waals surface area (Å²) in [5.74, 6) is -0.160. The van der Waals surface area contributed by atoms with E-state index in [1.54, 1.807) is 0 Å². The van der Waals surface area contributed by atoms with Gasteiger partial charge in [-0.05, 0) is 43.2 Å². The number of aryl methyl sites for hydroxylation is 2. The van der Waals surface area contributed by atoms with Gasteiger partial charge in [0, 0.05) is 11.6 Å². The first-order valence-electron chi connectivity index (χ1n) is 8.66. The lowest BCUT2D eigenvalue weighted by Gasteiger charge is -2.05. The molecule has 0 fully saturated rings. The van der Waals surface area contributed by atoms with Crippen molar-refractivity contribution < 1.29 is 14.6 Å². The number of nitro benzene ring substituents is 2. The molecule has 4 rings (SSSR count).